The first-order valence-electron chi connectivity index (χ1n) is 14.5. The molecule has 4 aliphatic rings. The fourth-order valence-electron chi connectivity index (χ4n) is 7.80. The van der Waals surface area contributed by atoms with Crippen molar-refractivity contribution in [3.8, 4) is 6.07 Å². The number of aliphatic hydroxyl groups is 2. The summed E-state index contributed by atoms with van der Waals surface area (Å²) in [5.41, 5.74) is 0.226. The van der Waals surface area contributed by atoms with E-state index in [9.17, 15) is 25.1 Å². The number of carbonyl (C=O) groups excluding carboxylic acids is 2. The fraction of sp³-hybridized carbons (Fsp3) is 0.645. The van der Waals surface area contributed by atoms with Crippen LogP contribution in [0, 0.1) is 46.8 Å². The molecule has 3 heterocycles. The highest BCUT2D eigenvalue weighted by Crippen LogP contribution is 2.62. The summed E-state index contributed by atoms with van der Waals surface area (Å²) in [6, 6.07) is 3.41. The van der Waals surface area contributed by atoms with Gasteiger partial charge < -0.3 is 34.1 Å². The minimum Gasteiger partial charge on any atom is -0.459 e. The van der Waals surface area contributed by atoms with Crippen LogP contribution >= 0.6 is 0 Å². The van der Waals surface area contributed by atoms with Crippen molar-refractivity contribution in [2.45, 2.75) is 76.7 Å². The summed E-state index contributed by atoms with van der Waals surface area (Å²) in [7, 11) is 1.53. The molecule has 1 spiro atoms. The Balaban J connectivity index is 1.60. The number of hydrogen-bond donors (Lipinski definition) is 3. The van der Waals surface area contributed by atoms with Gasteiger partial charge in [-0.05, 0) is 31.4 Å². The molecular formula is C31H40N2O8. The van der Waals surface area contributed by atoms with Gasteiger partial charge in [0.1, 0.15) is 35.7 Å². The maximum atomic E-state index is 13.7. The van der Waals surface area contributed by atoms with Crippen molar-refractivity contribution in [2.75, 3.05) is 13.7 Å². The number of ether oxygens (including phenoxy) is 4. The van der Waals surface area contributed by atoms with Crippen LogP contribution in [0.4, 0.5) is 0 Å². The van der Waals surface area contributed by atoms with Crippen molar-refractivity contribution < 1.29 is 38.7 Å². The van der Waals surface area contributed by atoms with E-state index in [4.69, 9.17) is 18.9 Å². The van der Waals surface area contributed by atoms with E-state index in [1.54, 1.807) is 0 Å². The summed E-state index contributed by atoms with van der Waals surface area (Å²) in [4.78, 5) is 29.7. The highest BCUT2D eigenvalue weighted by molar-refractivity contribution is 5.88. The van der Waals surface area contributed by atoms with Crippen molar-refractivity contribution >= 4 is 11.9 Å². The maximum Gasteiger partial charge on any atom is 0.355 e. The Kier molecular flexibility index (Phi) is 8.18. The van der Waals surface area contributed by atoms with E-state index < -0.39 is 71.7 Å². The number of nitriles is 1. The van der Waals surface area contributed by atoms with Crippen molar-refractivity contribution in [1.82, 2.24) is 4.98 Å². The molecule has 1 saturated heterocycles. The van der Waals surface area contributed by atoms with Gasteiger partial charge in [-0.2, -0.15) is 5.26 Å². The van der Waals surface area contributed by atoms with Crippen LogP contribution < -0.4 is 0 Å². The highest BCUT2D eigenvalue weighted by atomic mass is 16.6. The number of nitrogens with zero attached hydrogens (tertiary/aromatic N) is 1. The van der Waals surface area contributed by atoms with E-state index >= 15 is 0 Å². The quantitative estimate of drug-likeness (QED) is 0.333. The lowest BCUT2D eigenvalue weighted by Gasteiger charge is -2.49. The van der Waals surface area contributed by atoms with Gasteiger partial charge in [0.05, 0.1) is 30.3 Å². The van der Waals surface area contributed by atoms with E-state index in [0.29, 0.717) is 18.4 Å². The van der Waals surface area contributed by atoms with Crippen molar-refractivity contribution in [3.05, 3.63) is 47.3 Å². The number of carbonyl (C=O) groups is 2. The molecule has 41 heavy (non-hydrogen) atoms. The smallest absolute Gasteiger partial charge is 0.355 e. The van der Waals surface area contributed by atoms with Crippen molar-refractivity contribution in [2.24, 2.45) is 35.5 Å². The highest BCUT2D eigenvalue weighted by Gasteiger charge is 2.70. The van der Waals surface area contributed by atoms with Crippen LogP contribution in [0.3, 0.4) is 0 Å². The summed E-state index contributed by atoms with van der Waals surface area (Å²) < 4.78 is 24.5. The zero-order valence-corrected chi connectivity index (χ0v) is 24.2. The minimum absolute atomic E-state index is 0.128. The summed E-state index contributed by atoms with van der Waals surface area (Å²) in [5, 5.41) is 32.0. The number of H-pyrrole nitrogens is 1. The van der Waals surface area contributed by atoms with Gasteiger partial charge in [0.15, 0.2) is 0 Å². The Hall–Kier alpha value is -2.97. The zero-order valence-electron chi connectivity index (χ0n) is 24.2. The molecule has 2 aliphatic carbocycles. The molecule has 4 bridgehead atoms. The predicted molar refractivity (Wildman–Crippen MR) is 146 cm³/mol. The van der Waals surface area contributed by atoms with Crippen LogP contribution in [-0.2, 0) is 23.7 Å². The summed E-state index contributed by atoms with van der Waals surface area (Å²) in [5.74, 6) is -3.69. The zero-order chi connectivity index (χ0) is 29.6. The van der Waals surface area contributed by atoms with Crippen LogP contribution in [0.15, 0.2) is 36.1 Å². The van der Waals surface area contributed by atoms with Gasteiger partial charge in [0.25, 0.3) is 0 Å². The number of aromatic nitrogens is 1. The number of methoxy groups -OCH3 is 1. The van der Waals surface area contributed by atoms with Crippen molar-refractivity contribution in [1.29, 1.82) is 5.26 Å². The maximum absolute atomic E-state index is 13.7. The van der Waals surface area contributed by atoms with E-state index in [1.165, 1.54) is 19.4 Å². The molecule has 2 aliphatic heterocycles. The van der Waals surface area contributed by atoms with Gasteiger partial charge in [0, 0.05) is 42.9 Å². The van der Waals surface area contributed by atoms with Gasteiger partial charge in [-0.3, -0.25) is 4.79 Å². The summed E-state index contributed by atoms with van der Waals surface area (Å²) in [6.07, 6.45) is 4.35. The Labute approximate surface area is 240 Å². The Morgan fingerprint density at radius 3 is 2.71 bits per heavy atom. The molecule has 0 amide bonds. The molecule has 0 radical (unpaired) electrons. The minimum atomic E-state index is -1.06. The van der Waals surface area contributed by atoms with Gasteiger partial charge in [-0.1, -0.05) is 39.0 Å². The molecule has 1 saturated carbocycles. The first kappa shape index (κ1) is 29.5. The summed E-state index contributed by atoms with van der Waals surface area (Å²) >= 11 is 0. The van der Waals surface area contributed by atoms with Crippen molar-refractivity contribution in [3.63, 3.8) is 0 Å². The number of hydrogen-bond acceptors (Lipinski definition) is 9. The third-order valence-corrected chi connectivity index (χ3v) is 9.72. The third-order valence-electron chi connectivity index (χ3n) is 9.72. The molecular weight excluding hydrogens is 528 g/mol. The third kappa shape index (κ3) is 4.63. The molecule has 0 unspecified atom stereocenters. The largest absolute Gasteiger partial charge is 0.459 e. The number of rotatable bonds is 7. The monoisotopic (exact) mass is 568 g/mol. The predicted octanol–water partition coefficient (Wildman–Crippen LogP) is 2.91. The van der Waals surface area contributed by atoms with Gasteiger partial charge in [0.2, 0.25) is 0 Å². The van der Waals surface area contributed by atoms with Gasteiger partial charge in [-0.25, -0.2) is 4.79 Å². The van der Waals surface area contributed by atoms with Crippen LogP contribution in [0.25, 0.3) is 0 Å². The fourth-order valence-corrected chi connectivity index (χ4v) is 7.80. The molecule has 1 aromatic rings. The van der Waals surface area contributed by atoms with Crippen LogP contribution in [0.2, 0.25) is 0 Å². The van der Waals surface area contributed by atoms with E-state index in [2.05, 4.69) is 4.98 Å². The molecule has 10 nitrogen and oxygen atoms in total. The SMILES string of the molecule is CC[C@@H](O)[C@H]1OC(=O)[C@H](CC)[C@H]2C=C[C@H]3[C@H]4O[C@]2(/C(C)=C/[C@H]1C)[C@@H]3[C@H](O)[C@@H](COC)[C@H]4OC(=O)c1cc(C#N)c[nH]1. The van der Waals surface area contributed by atoms with Crippen LogP contribution in [-0.4, -0.2) is 77.0 Å². The Bertz CT molecular complexity index is 1260. The molecule has 10 heteroatoms. The van der Waals surface area contributed by atoms with Crippen LogP contribution in [0.1, 0.15) is 56.6 Å². The molecule has 12 atom stereocenters. The second-order valence-corrected chi connectivity index (χ2v) is 11.9. The van der Waals surface area contributed by atoms with Gasteiger partial charge >= 0.3 is 11.9 Å². The topological polar surface area (TPSA) is 151 Å². The molecule has 3 N–H and O–H groups in total. The number of nitrogens with one attached hydrogen (secondary N) is 1. The number of esters is 2. The molecule has 222 valence electrons. The average Bonchev–Trinajstić information content (AvgIpc) is 3.51. The normalized spacial score (nSPS) is 41.5. The first-order valence-corrected chi connectivity index (χ1v) is 14.5. The lowest BCUT2D eigenvalue weighted by molar-refractivity contribution is -0.168. The Morgan fingerprint density at radius 1 is 1.32 bits per heavy atom. The second-order valence-electron chi connectivity index (χ2n) is 11.9. The lowest BCUT2D eigenvalue weighted by atomic mass is 9.56. The number of aliphatic hydroxyl groups excluding tert-OH is 2. The average molecular weight is 569 g/mol. The molecule has 0 aromatic carbocycles. The first-order chi connectivity index (χ1) is 19.6. The van der Waals surface area contributed by atoms with E-state index in [-0.39, 0.29) is 24.1 Å². The van der Waals surface area contributed by atoms with Gasteiger partial charge in [-0.15, -0.1) is 0 Å². The number of cyclic esters (lactones) is 1. The standard InChI is InChI=1S/C31H40N2O8/c1-6-18-21-9-8-19-24-25(35)20(14-38-5)27(40-30(37)22-11-17(12-32)13-33-22)28(19)41-31(21,24)16(4)10-15(3)26(23(34)7-2)39-29(18)36/h8-11,13,15,18-21,23-28,33-35H,6-7,14H2,1-5H3/b16-10+/t15-,18-,19-,20-,21-,23-,24+,25-,26+,27-,28-,31+/m1/s1. The number of aromatic amines is 1. The molecule has 2 fully saturated rings. The molecule has 1 aromatic heterocycles. The van der Waals surface area contributed by atoms with E-state index in [0.717, 1.165) is 5.57 Å². The Morgan fingerprint density at radius 2 is 2.07 bits per heavy atom. The van der Waals surface area contributed by atoms with Crippen LogP contribution in [0.5, 0.6) is 0 Å². The lowest BCUT2D eigenvalue weighted by Crippen LogP contribution is -2.59. The molecule has 5 rings (SSSR count). The second kappa shape index (κ2) is 11.4. The summed E-state index contributed by atoms with van der Waals surface area (Å²) in [6.45, 7) is 7.77. The van der Waals surface area contributed by atoms with E-state index in [1.807, 2.05) is 52.0 Å².